The van der Waals surface area contributed by atoms with E-state index in [0.717, 1.165) is 31.7 Å². The summed E-state index contributed by atoms with van der Waals surface area (Å²) in [7, 11) is 0. The number of alkyl halides is 2. The lowest BCUT2D eigenvalue weighted by molar-refractivity contribution is 0.144. The summed E-state index contributed by atoms with van der Waals surface area (Å²) in [6.45, 7) is 7.60. The molecule has 5 aromatic heterocycles. The molecule has 0 fully saturated rings. The van der Waals surface area contributed by atoms with Crippen LogP contribution in [0.2, 0.25) is 0 Å². The van der Waals surface area contributed by atoms with Crippen LogP contribution in [0.15, 0.2) is 18.5 Å². The van der Waals surface area contributed by atoms with Crippen LogP contribution in [0.5, 0.6) is 0 Å². The standard InChI is InChI=1S/C19H17F2N7S/c1-8-5-9(2)23-19-13(8)14-15(29-19)18-24-17(26-27(18)7-22-14)11(4)28-10(3)6-12(25-28)16(20)21/h5-7,11,16H,1-4H3/t11-/m1/s1. The predicted octanol–water partition coefficient (Wildman–Crippen LogP) is 4.56. The van der Waals surface area contributed by atoms with Gasteiger partial charge >= 0.3 is 0 Å². The number of thiophene rings is 1. The molecule has 0 aromatic carbocycles. The fourth-order valence-corrected chi connectivity index (χ4v) is 4.91. The van der Waals surface area contributed by atoms with Gasteiger partial charge in [-0.1, -0.05) is 0 Å². The number of aryl methyl sites for hydroxylation is 3. The first-order valence-corrected chi connectivity index (χ1v) is 9.91. The van der Waals surface area contributed by atoms with Crippen LogP contribution in [0.4, 0.5) is 8.78 Å². The van der Waals surface area contributed by atoms with Crippen molar-refractivity contribution < 1.29 is 8.78 Å². The molecule has 5 aromatic rings. The highest BCUT2D eigenvalue weighted by atomic mass is 32.1. The van der Waals surface area contributed by atoms with Crippen molar-refractivity contribution in [2.24, 2.45) is 0 Å². The smallest absolute Gasteiger partial charge is 0.259 e. The van der Waals surface area contributed by atoms with Crippen molar-refractivity contribution in [3.63, 3.8) is 0 Å². The molecule has 0 spiro atoms. The van der Waals surface area contributed by atoms with Gasteiger partial charge in [0.25, 0.3) is 6.43 Å². The molecule has 0 N–H and O–H groups in total. The van der Waals surface area contributed by atoms with Crippen LogP contribution in [0.25, 0.3) is 26.1 Å². The van der Waals surface area contributed by atoms with Crippen LogP contribution in [0, 0.1) is 20.8 Å². The van der Waals surface area contributed by atoms with Crippen molar-refractivity contribution in [2.75, 3.05) is 0 Å². The van der Waals surface area contributed by atoms with E-state index in [4.69, 9.17) is 4.98 Å². The summed E-state index contributed by atoms with van der Waals surface area (Å²) in [5.74, 6) is 0.490. The third-order valence-electron chi connectivity index (χ3n) is 5.01. The maximum Gasteiger partial charge on any atom is 0.282 e. The molecule has 148 valence electrons. The summed E-state index contributed by atoms with van der Waals surface area (Å²) in [5.41, 5.74) is 3.99. The fourth-order valence-electron chi connectivity index (χ4n) is 3.68. The Balaban J connectivity index is 1.69. The Morgan fingerprint density at radius 3 is 2.59 bits per heavy atom. The second-order valence-corrected chi connectivity index (χ2v) is 8.15. The average molecular weight is 413 g/mol. The normalized spacial score (nSPS) is 13.3. The zero-order chi connectivity index (χ0) is 20.4. The van der Waals surface area contributed by atoms with E-state index in [1.165, 1.54) is 22.1 Å². The Bertz CT molecular complexity index is 1400. The maximum absolute atomic E-state index is 13.0. The van der Waals surface area contributed by atoms with Crippen LogP contribution in [-0.4, -0.2) is 34.3 Å². The average Bonchev–Trinajstić information content (AvgIpc) is 3.34. The van der Waals surface area contributed by atoms with Crippen molar-refractivity contribution >= 4 is 37.4 Å². The van der Waals surface area contributed by atoms with Crippen LogP contribution in [-0.2, 0) is 0 Å². The van der Waals surface area contributed by atoms with Gasteiger partial charge in [-0.15, -0.1) is 16.4 Å². The van der Waals surface area contributed by atoms with E-state index < -0.39 is 12.5 Å². The summed E-state index contributed by atoms with van der Waals surface area (Å²) in [4.78, 5) is 14.8. The zero-order valence-electron chi connectivity index (χ0n) is 16.2. The van der Waals surface area contributed by atoms with E-state index in [1.54, 1.807) is 17.8 Å². The highest BCUT2D eigenvalue weighted by molar-refractivity contribution is 7.26. The maximum atomic E-state index is 13.0. The number of hydrogen-bond acceptors (Lipinski definition) is 6. The minimum Gasteiger partial charge on any atom is -0.259 e. The van der Waals surface area contributed by atoms with Crippen LogP contribution < -0.4 is 0 Å². The van der Waals surface area contributed by atoms with E-state index >= 15 is 0 Å². The van der Waals surface area contributed by atoms with Crippen LogP contribution in [0.1, 0.15) is 47.9 Å². The molecule has 0 saturated heterocycles. The van der Waals surface area contributed by atoms with Crippen LogP contribution >= 0.6 is 11.3 Å². The van der Waals surface area contributed by atoms with Crippen molar-refractivity contribution in [1.82, 2.24) is 34.3 Å². The van der Waals surface area contributed by atoms with Gasteiger partial charge in [-0.3, -0.25) is 4.68 Å². The van der Waals surface area contributed by atoms with Gasteiger partial charge in [0, 0.05) is 16.8 Å². The molecular weight excluding hydrogens is 396 g/mol. The quantitative estimate of drug-likeness (QED) is 0.434. The van der Waals surface area contributed by atoms with Gasteiger partial charge in [0.15, 0.2) is 11.5 Å². The molecule has 0 unspecified atom stereocenters. The summed E-state index contributed by atoms with van der Waals surface area (Å²) in [6, 6.07) is 3.03. The van der Waals surface area contributed by atoms with Gasteiger partial charge in [0.2, 0.25) is 0 Å². The zero-order valence-corrected chi connectivity index (χ0v) is 17.0. The molecule has 0 aliphatic heterocycles. The Morgan fingerprint density at radius 2 is 1.86 bits per heavy atom. The predicted molar refractivity (Wildman–Crippen MR) is 107 cm³/mol. The number of nitrogens with zero attached hydrogens (tertiary/aromatic N) is 7. The van der Waals surface area contributed by atoms with Gasteiger partial charge in [-0.05, 0) is 45.4 Å². The first kappa shape index (κ1) is 18.0. The van der Waals surface area contributed by atoms with Crippen molar-refractivity contribution in [3.8, 4) is 0 Å². The Morgan fingerprint density at radius 1 is 1.07 bits per heavy atom. The lowest BCUT2D eigenvalue weighted by Crippen LogP contribution is -2.12. The number of halogens is 2. The molecular formula is C19H17F2N7S. The molecule has 0 bridgehead atoms. The third-order valence-corrected chi connectivity index (χ3v) is 6.08. The lowest BCUT2D eigenvalue weighted by atomic mass is 10.1. The van der Waals surface area contributed by atoms with E-state index in [9.17, 15) is 8.78 Å². The number of pyridine rings is 1. The molecule has 0 aliphatic carbocycles. The van der Waals surface area contributed by atoms with Gasteiger partial charge in [0.1, 0.15) is 27.6 Å². The summed E-state index contributed by atoms with van der Waals surface area (Å²) in [5, 5.41) is 9.58. The van der Waals surface area contributed by atoms with Crippen LogP contribution in [0.3, 0.4) is 0 Å². The van der Waals surface area contributed by atoms with Crippen molar-refractivity contribution in [3.05, 3.63) is 46.9 Å². The first-order valence-electron chi connectivity index (χ1n) is 9.09. The highest BCUT2D eigenvalue weighted by Gasteiger charge is 2.22. The Hall–Kier alpha value is -3.01. The van der Waals surface area contributed by atoms with E-state index in [2.05, 4.69) is 20.2 Å². The highest BCUT2D eigenvalue weighted by Crippen LogP contribution is 2.35. The second kappa shape index (κ2) is 6.24. The number of rotatable bonds is 3. The monoisotopic (exact) mass is 413 g/mol. The first-order chi connectivity index (χ1) is 13.8. The summed E-state index contributed by atoms with van der Waals surface area (Å²) in [6.07, 6.45) is -0.981. The number of aromatic nitrogens is 7. The van der Waals surface area contributed by atoms with E-state index in [1.807, 2.05) is 26.8 Å². The van der Waals surface area contributed by atoms with E-state index in [0.29, 0.717) is 17.2 Å². The largest absolute Gasteiger partial charge is 0.282 e. The third kappa shape index (κ3) is 2.70. The molecule has 1 atom stereocenters. The summed E-state index contributed by atoms with van der Waals surface area (Å²) < 4.78 is 30.1. The number of hydrogen-bond donors (Lipinski definition) is 0. The van der Waals surface area contributed by atoms with Crippen molar-refractivity contribution in [2.45, 2.75) is 40.2 Å². The molecule has 0 amide bonds. The topological polar surface area (TPSA) is 73.8 Å². The fraction of sp³-hybridized carbons (Fsp3) is 0.316. The minimum absolute atomic E-state index is 0.247. The SMILES string of the molecule is Cc1cc(C)c2c(n1)sc1c2ncn2nc([C@@H](C)n3nc(C(F)F)cc3C)nc12. The molecule has 10 heteroatoms. The summed E-state index contributed by atoms with van der Waals surface area (Å²) >= 11 is 1.53. The Kier molecular flexibility index (Phi) is 3.89. The van der Waals surface area contributed by atoms with Gasteiger partial charge in [0.05, 0.1) is 5.52 Å². The lowest BCUT2D eigenvalue weighted by Gasteiger charge is -2.10. The molecule has 5 heterocycles. The molecule has 0 saturated carbocycles. The number of fused-ring (bicyclic) bond motifs is 5. The molecule has 7 nitrogen and oxygen atoms in total. The molecule has 29 heavy (non-hydrogen) atoms. The molecule has 0 aliphatic rings. The molecule has 0 radical (unpaired) electrons. The van der Waals surface area contributed by atoms with Gasteiger partial charge < -0.3 is 0 Å². The van der Waals surface area contributed by atoms with E-state index in [-0.39, 0.29) is 5.69 Å². The van der Waals surface area contributed by atoms with Gasteiger partial charge in [-0.2, -0.15) is 5.10 Å². The second-order valence-electron chi connectivity index (χ2n) is 7.16. The Labute approximate surface area is 168 Å². The van der Waals surface area contributed by atoms with Crippen molar-refractivity contribution in [1.29, 1.82) is 0 Å². The molecule has 5 rings (SSSR count). The van der Waals surface area contributed by atoms with Gasteiger partial charge in [-0.25, -0.2) is 28.2 Å². The minimum atomic E-state index is -2.61.